The van der Waals surface area contributed by atoms with Gasteiger partial charge in [0.25, 0.3) is 10.0 Å². The maximum atomic E-state index is 13.8. The number of amides is 2. The SMILES string of the molecule is CCCCNC(=O)[C@H](C)N(Cc1ccccc1)C(=O)CN(c1cccc(C)c1)S(=O)(=O)c1ccccc1. The molecule has 196 valence electrons. The van der Waals surface area contributed by atoms with E-state index in [1.165, 1.54) is 17.0 Å². The second-order valence-electron chi connectivity index (χ2n) is 8.99. The van der Waals surface area contributed by atoms with Crippen LogP contribution in [-0.2, 0) is 26.2 Å². The molecule has 3 aromatic rings. The summed E-state index contributed by atoms with van der Waals surface area (Å²) in [4.78, 5) is 28.3. The number of hydrogen-bond acceptors (Lipinski definition) is 4. The molecule has 0 saturated carbocycles. The number of nitrogens with one attached hydrogen (secondary N) is 1. The number of hydrogen-bond donors (Lipinski definition) is 1. The molecule has 37 heavy (non-hydrogen) atoms. The molecule has 3 aromatic carbocycles. The maximum Gasteiger partial charge on any atom is 0.264 e. The number of anilines is 1. The van der Waals surface area contributed by atoms with Gasteiger partial charge in [-0.25, -0.2) is 8.42 Å². The lowest BCUT2D eigenvalue weighted by atomic mass is 10.1. The lowest BCUT2D eigenvalue weighted by molar-refractivity contribution is -0.139. The number of aryl methyl sites for hydroxylation is 1. The molecule has 2 amide bonds. The van der Waals surface area contributed by atoms with Crippen LogP contribution in [0.4, 0.5) is 5.69 Å². The number of carbonyl (C=O) groups excluding carboxylic acids is 2. The summed E-state index contributed by atoms with van der Waals surface area (Å²) in [6.45, 7) is 5.82. The number of unbranched alkanes of at least 4 members (excludes halogenated alkanes) is 1. The highest BCUT2D eigenvalue weighted by Gasteiger charge is 2.32. The van der Waals surface area contributed by atoms with Crippen LogP contribution in [0, 0.1) is 6.92 Å². The summed E-state index contributed by atoms with van der Waals surface area (Å²) in [6.07, 6.45) is 1.77. The monoisotopic (exact) mass is 521 g/mol. The highest BCUT2D eigenvalue weighted by molar-refractivity contribution is 7.92. The van der Waals surface area contributed by atoms with Crippen molar-refractivity contribution < 1.29 is 18.0 Å². The van der Waals surface area contributed by atoms with Gasteiger partial charge in [0.15, 0.2) is 0 Å². The Hall–Kier alpha value is -3.65. The Morgan fingerprint density at radius 3 is 2.19 bits per heavy atom. The fourth-order valence-corrected chi connectivity index (χ4v) is 5.36. The van der Waals surface area contributed by atoms with E-state index in [2.05, 4.69) is 5.32 Å². The van der Waals surface area contributed by atoms with E-state index in [1.54, 1.807) is 43.3 Å². The van der Waals surface area contributed by atoms with E-state index in [0.29, 0.717) is 12.2 Å². The minimum absolute atomic E-state index is 0.0873. The fraction of sp³-hybridized carbons (Fsp3) is 0.310. The normalized spacial score (nSPS) is 12.0. The molecule has 0 radical (unpaired) electrons. The van der Waals surface area contributed by atoms with Gasteiger partial charge in [0.05, 0.1) is 10.6 Å². The summed E-state index contributed by atoms with van der Waals surface area (Å²) in [5, 5.41) is 2.89. The van der Waals surface area contributed by atoms with Crippen molar-refractivity contribution in [3.05, 3.63) is 96.1 Å². The van der Waals surface area contributed by atoms with Crippen molar-refractivity contribution >= 4 is 27.5 Å². The van der Waals surface area contributed by atoms with Crippen LogP contribution in [-0.4, -0.2) is 44.3 Å². The molecule has 1 N–H and O–H groups in total. The minimum Gasteiger partial charge on any atom is -0.354 e. The van der Waals surface area contributed by atoms with Crippen LogP contribution in [0.15, 0.2) is 89.8 Å². The molecule has 0 aromatic heterocycles. The van der Waals surface area contributed by atoms with Gasteiger partial charge in [0.2, 0.25) is 11.8 Å². The molecule has 0 unspecified atom stereocenters. The molecule has 0 bridgehead atoms. The third kappa shape index (κ3) is 7.43. The van der Waals surface area contributed by atoms with Crippen molar-refractivity contribution in [3.8, 4) is 0 Å². The van der Waals surface area contributed by atoms with Gasteiger partial charge in [-0.2, -0.15) is 0 Å². The Morgan fingerprint density at radius 2 is 1.57 bits per heavy atom. The van der Waals surface area contributed by atoms with Gasteiger partial charge in [0.1, 0.15) is 12.6 Å². The molecule has 0 spiro atoms. The van der Waals surface area contributed by atoms with Crippen LogP contribution in [0.2, 0.25) is 0 Å². The molecule has 7 nitrogen and oxygen atoms in total. The number of benzene rings is 3. The van der Waals surface area contributed by atoms with Crippen molar-refractivity contribution in [1.82, 2.24) is 10.2 Å². The Kier molecular flexibility index (Phi) is 9.85. The third-order valence-corrected chi connectivity index (χ3v) is 7.88. The number of sulfonamides is 1. The van der Waals surface area contributed by atoms with Gasteiger partial charge >= 0.3 is 0 Å². The molecule has 1 atom stereocenters. The highest BCUT2D eigenvalue weighted by atomic mass is 32.2. The maximum absolute atomic E-state index is 13.8. The quantitative estimate of drug-likeness (QED) is 0.355. The van der Waals surface area contributed by atoms with E-state index in [4.69, 9.17) is 0 Å². The van der Waals surface area contributed by atoms with E-state index in [9.17, 15) is 18.0 Å². The van der Waals surface area contributed by atoms with E-state index in [-0.39, 0.29) is 17.3 Å². The zero-order chi connectivity index (χ0) is 26.8. The zero-order valence-electron chi connectivity index (χ0n) is 21.6. The molecule has 0 aliphatic heterocycles. The van der Waals surface area contributed by atoms with E-state index in [0.717, 1.165) is 28.3 Å². The molecule has 0 saturated heterocycles. The predicted octanol–water partition coefficient (Wildman–Crippen LogP) is 4.52. The van der Waals surface area contributed by atoms with Gasteiger partial charge in [-0.15, -0.1) is 0 Å². The van der Waals surface area contributed by atoms with Crippen LogP contribution in [0.3, 0.4) is 0 Å². The largest absolute Gasteiger partial charge is 0.354 e. The smallest absolute Gasteiger partial charge is 0.264 e. The zero-order valence-corrected chi connectivity index (χ0v) is 22.4. The Morgan fingerprint density at radius 1 is 0.919 bits per heavy atom. The van der Waals surface area contributed by atoms with E-state index >= 15 is 0 Å². The molecule has 8 heteroatoms. The first-order chi connectivity index (χ1) is 17.7. The number of rotatable bonds is 12. The first-order valence-electron chi connectivity index (χ1n) is 12.5. The first kappa shape index (κ1) is 27.9. The third-order valence-electron chi connectivity index (χ3n) is 6.09. The second-order valence-corrected chi connectivity index (χ2v) is 10.9. The van der Waals surface area contributed by atoms with Crippen molar-refractivity contribution in [2.24, 2.45) is 0 Å². The molecule has 0 heterocycles. The fourth-order valence-electron chi connectivity index (χ4n) is 3.93. The number of nitrogens with zero attached hydrogens (tertiary/aromatic N) is 2. The predicted molar refractivity (Wildman–Crippen MR) is 147 cm³/mol. The molecular formula is C29H35N3O4S. The lowest BCUT2D eigenvalue weighted by Gasteiger charge is -2.32. The van der Waals surface area contributed by atoms with Crippen LogP contribution in [0.25, 0.3) is 0 Å². The minimum atomic E-state index is -4.05. The summed E-state index contributed by atoms with van der Waals surface area (Å²) in [5.41, 5.74) is 2.09. The van der Waals surface area contributed by atoms with Crippen molar-refractivity contribution in [1.29, 1.82) is 0 Å². The molecule has 0 aliphatic rings. The summed E-state index contributed by atoms with van der Waals surface area (Å²) in [7, 11) is -4.05. The lowest BCUT2D eigenvalue weighted by Crippen LogP contribution is -2.51. The molecular weight excluding hydrogens is 486 g/mol. The summed E-state index contributed by atoms with van der Waals surface area (Å²) >= 11 is 0. The van der Waals surface area contributed by atoms with Gasteiger partial charge in [-0.3, -0.25) is 13.9 Å². The van der Waals surface area contributed by atoms with Crippen molar-refractivity contribution in [3.63, 3.8) is 0 Å². The van der Waals surface area contributed by atoms with Gasteiger partial charge < -0.3 is 10.2 Å². The Bertz CT molecular complexity index is 1280. The first-order valence-corrected chi connectivity index (χ1v) is 13.9. The van der Waals surface area contributed by atoms with Gasteiger partial charge in [-0.05, 0) is 55.7 Å². The standard InChI is InChI=1S/C29H35N3O4S/c1-4-5-19-30-29(34)24(3)31(21-25-14-8-6-9-15-25)28(33)22-32(26-16-12-13-23(2)20-26)37(35,36)27-17-10-7-11-18-27/h6-18,20,24H,4-5,19,21-22H2,1-3H3,(H,30,34)/t24-/m0/s1. The summed E-state index contributed by atoms with van der Waals surface area (Å²) in [5.74, 6) is -0.742. The topological polar surface area (TPSA) is 86.8 Å². The highest BCUT2D eigenvalue weighted by Crippen LogP contribution is 2.25. The molecule has 0 fully saturated rings. The Balaban J connectivity index is 1.97. The van der Waals surface area contributed by atoms with Gasteiger partial charge in [-0.1, -0.05) is 74.0 Å². The average molecular weight is 522 g/mol. The van der Waals surface area contributed by atoms with E-state index in [1.807, 2.05) is 50.2 Å². The second kappa shape index (κ2) is 13.1. The van der Waals surface area contributed by atoms with E-state index < -0.39 is 28.5 Å². The molecule has 3 rings (SSSR count). The Labute approximate surface area is 220 Å². The van der Waals surface area contributed by atoms with Gasteiger partial charge in [0, 0.05) is 13.1 Å². The summed E-state index contributed by atoms with van der Waals surface area (Å²) < 4.78 is 28.6. The van der Waals surface area contributed by atoms with Crippen LogP contribution >= 0.6 is 0 Å². The van der Waals surface area contributed by atoms with Crippen LogP contribution < -0.4 is 9.62 Å². The van der Waals surface area contributed by atoms with Crippen LogP contribution in [0.1, 0.15) is 37.8 Å². The van der Waals surface area contributed by atoms with Crippen molar-refractivity contribution in [2.45, 2.75) is 51.1 Å². The number of carbonyl (C=O) groups is 2. The van der Waals surface area contributed by atoms with Crippen molar-refractivity contribution in [2.75, 3.05) is 17.4 Å². The molecule has 0 aliphatic carbocycles. The average Bonchev–Trinajstić information content (AvgIpc) is 2.91. The van der Waals surface area contributed by atoms with Crippen LogP contribution in [0.5, 0.6) is 0 Å². The summed E-state index contributed by atoms with van der Waals surface area (Å²) in [6, 6.07) is 23.6.